The van der Waals surface area contributed by atoms with Crippen LogP contribution in [0.5, 0.6) is 0 Å². The molecular weight excluding hydrogens is 196 g/mol. The van der Waals surface area contributed by atoms with E-state index in [1.165, 1.54) is 12.1 Å². The number of hydrogen-bond acceptors (Lipinski definition) is 4. The molecule has 1 aromatic carbocycles. The zero-order chi connectivity index (χ0) is 11.3. The average molecular weight is 210 g/mol. The molecule has 0 aliphatic heterocycles. The molecule has 1 unspecified atom stereocenters. The lowest BCUT2D eigenvalue weighted by Crippen LogP contribution is -2.23. The van der Waals surface area contributed by atoms with Crippen LogP contribution in [0.2, 0.25) is 0 Å². The Kier molecular flexibility index (Phi) is 4.20. The normalized spacial score (nSPS) is 12.4. The van der Waals surface area contributed by atoms with E-state index in [-0.39, 0.29) is 11.8 Å². The first-order valence-corrected chi connectivity index (χ1v) is 4.71. The maximum Gasteiger partial charge on any atom is 0.269 e. The van der Waals surface area contributed by atoms with E-state index in [0.717, 1.165) is 5.56 Å². The number of aliphatic hydroxyl groups excluding tert-OH is 1. The summed E-state index contributed by atoms with van der Waals surface area (Å²) in [6.45, 7) is 2.81. The van der Waals surface area contributed by atoms with Gasteiger partial charge in [0.1, 0.15) is 0 Å². The maximum atomic E-state index is 10.4. The van der Waals surface area contributed by atoms with Crippen LogP contribution in [0.3, 0.4) is 0 Å². The van der Waals surface area contributed by atoms with E-state index in [0.29, 0.717) is 13.1 Å². The van der Waals surface area contributed by atoms with Crippen molar-refractivity contribution in [2.75, 3.05) is 6.54 Å². The highest BCUT2D eigenvalue weighted by molar-refractivity contribution is 5.32. The molecule has 0 aliphatic rings. The van der Waals surface area contributed by atoms with Gasteiger partial charge in [-0.1, -0.05) is 12.1 Å². The second-order valence-electron chi connectivity index (χ2n) is 3.40. The Morgan fingerprint density at radius 3 is 2.53 bits per heavy atom. The number of aliphatic hydroxyl groups is 1. The molecule has 0 fully saturated rings. The van der Waals surface area contributed by atoms with Gasteiger partial charge in [-0.25, -0.2) is 0 Å². The van der Waals surface area contributed by atoms with Crippen molar-refractivity contribution in [1.29, 1.82) is 0 Å². The fourth-order valence-corrected chi connectivity index (χ4v) is 1.16. The van der Waals surface area contributed by atoms with Crippen LogP contribution in [-0.4, -0.2) is 22.7 Å². The van der Waals surface area contributed by atoms with Crippen molar-refractivity contribution in [2.24, 2.45) is 0 Å². The largest absolute Gasteiger partial charge is 0.392 e. The van der Waals surface area contributed by atoms with E-state index < -0.39 is 4.92 Å². The van der Waals surface area contributed by atoms with Gasteiger partial charge in [-0.3, -0.25) is 10.1 Å². The molecule has 15 heavy (non-hydrogen) atoms. The van der Waals surface area contributed by atoms with Gasteiger partial charge in [0.05, 0.1) is 11.0 Å². The van der Waals surface area contributed by atoms with Crippen LogP contribution < -0.4 is 5.32 Å². The third-order valence-electron chi connectivity index (χ3n) is 1.92. The molecule has 0 amide bonds. The first-order chi connectivity index (χ1) is 7.09. The minimum Gasteiger partial charge on any atom is -0.392 e. The van der Waals surface area contributed by atoms with E-state index in [1.807, 2.05) is 0 Å². The van der Waals surface area contributed by atoms with Crippen molar-refractivity contribution in [3.63, 3.8) is 0 Å². The van der Waals surface area contributed by atoms with Crippen LogP contribution in [-0.2, 0) is 6.54 Å². The van der Waals surface area contributed by atoms with E-state index >= 15 is 0 Å². The molecule has 1 atom stereocenters. The Balaban J connectivity index is 2.46. The topological polar surface area (TPSA) is 75.4 Å². The standard InChI is InChI=1S/C10H14N2O3/c1-8(13)6-11-7-9-2-4-10(5-3-9)12(14)15/h2-5,8,11,13H,6-7H2,1H3. The molecule has 0 spiro atoms. The Hall–Kier alpha value is -1.46. The Morgan fingerprint density at radius 2 is 2.07 bits per heavy atom. The maximum absolute atomic E-state index is 10.4. The highest BCUT2D eigenvalue weighted by Gasteiger charge is 2.03. The molecule has 5 nitrogen and oxygen atoms in total. The highest BCUT2D eigenvalue weighted by atomic mass is 16.6. The summed E-state index contributed by atoms with van der Waals surface area (Å²) in [7, 11) is 0. The molecule has 1 aromatic rings. The molecular formula is C10H14N2O3. The molecule has 0 heterocycles. The second kappa shape index (κ2) is 5.43. The molecule has 5 heteroatoms. The SMILES string of the molecule is CC(O)CNCc1ccc([N+](=O)[O-])cc1. The van der Waals surface area contributed by atoms with Crippen molar-refractivity contribution in [3.8, 4) is 0 Å². The van der Waals surface area contributed by atoms with Gasteiger partial charge in [-0.2, -0.15) is 0 Å². The fraction of sp³-hybridized carbons (Fsp3) is 0.400. The molecule has 1 rings (SSSR count). The Labute approximate surface area is 87.9 Å². The van der Waals surface area contributed by atoms with E-state index in [9.17, 15) is 10.1 Å². The zero-order valence-electron chi connectivity index (χ0n) is 8.51. The number of hydrogen-bond donors (Lipinski definition) is 2. The number of nitro benzene ring substituents is 1. The molecule has 0 aromatic heterocycles. The van der Waals surface area contributed by atoms with Gasteiger partial charge in [-0.05, 0) is 12.5 Å². The van der Waals surface area contributed by atoms with Crippen molar-refractivity contribution >= 4 is 5.69 Å². The van der Waals surface area contributed by atoms with Crippen molar-refractivity contribution in [2.45, 2.75) is 19.6 Å². The summed E-state index contributed by atoms with van der Waals surface area (Å²) in [6.07, 6.45) is -0.386. The van der Waals surface area contributed by atoms with Crippen LogP contribution in [0.15, 0.2) is 24.3 Å². The van der Waals surface area contributed by atoms with Gasteiger partial charge in [0.2, 0.25) is 0 Å². The first kappa shape index (κ1) is 11.6. The lowest BCUT2D eigenvalue weighted by atomic mass is 10.2. The summed E-state index contributed by atoms with van der Waals surface area (Å²) in [5.74, 6) is 0. The Bertz CT molecular complexity index is 322. The van der Waals surface area contributed by atoms with Gasteiger partial charge in [0.15, 0.2) is 0 Å². The van der Waals surface area contributed by atoms with Gasteiger partial charge in [-0.15, -0.1) is 0 Å². The molecule has 0 aliphatic carbocycles. The predicted molar refractivity (Wildman–Crippen MR) is 56.5 cm³/mol. The van der Waals surface area contributed by atoms with Crippen molar-refractivity contribution < 1.29 is 10.0 Å². The van der Waals surface area contributed by atoms with Crippen molar-refractivity contribution in [3.05, 3.63) is 39.9 Å². The van der Waals surface area contributed by atoms with Crippen LogP contribution in [0, 0.1) is 10.1 Å². The first-order valence-electron chi connectivity index (χ1n) is 4.71. The number of nitrogens with one attached hydrogen (secondary N) is 1. The molecule has 0 saturated heterocycles. The summed E-state index contributed by atoms with van der Waals surface area (Å²) in [5.41, 5.74) is 1.05. The summed E-state index contributed by atoms with van der Waals surface area (Å²) in [5, 5.41) is 22.4. The third kappa shape index (κ3) is 4.05. The number of nitro groups is 1. The van der Waals surface area contributed by atoms with Gasteiger partial charge >= 0.3 is 0 Å². The van der Waals surface area contributed by atoms with Crippen LogP contribution in [0.4, 0.5) is 5.69 Å². The molecule has 2 N–H and O–H groups in total. The van der Waals surface area contributed by atoms with E-state index in [2.05, 4.69) is 5.32 Å². The number of benzene rings is 1. The third-order valence-corrected chi connectivity index (χ3v) is 1.92. The minimum absolute atomic E-state index is 0.0919. The zero-order valence-corrected chi connectivity index (χ0v) is 8.51. The molecule has 0 radical (unpaired) electrons. The van der Waals surface area contributed by atoms with Gasteiger partial charge in [0.25, 0.3) is 5.69 Å². The molecule has 0 saturated carbocycles. The predicted octanol–water partition coefficient (Wildman–Crippen LogP) is 1.07. The fourth-order valence-electron chi connectivity index (χ4n) is 1.16. The summed E-state index contributed by atoms with van der Waals surface area (Å²) in [6, 6.07) is 6.35. The van der Waals surface area contributed by atoms with E-state index in [4.69, 9.17) is 5.11 Å². The summed E-state index contributed by atoms with van der Waals surface area (Å²) >= 11 is 0. The second-order valence-corrected chi connectivity index (χ2v) is 3.40. The van der Waals surface area contributed by atoms with E-state index in [1.54, 1.807) is 19.1 Å². The number of non-ortho nitro benzene ring substituents is 1. The van der Waals surface area contributed by atoms with Gasteiger partial charge < -0.3 is 10.4 Å². The molecule has 0 bridgehead atoms. The van der Waals surface area contributed by atoms with Crippen LogP contribution in [0.25, 0.3) is 0 Å². The van der Waals surface area contributed by atoms with Crippen molar-refractivity contribution in [1.82, 2.24) is 5.32 Å². The molecule has 82 valence electrons. The van der Waals surface area contributed by atoms with Gasteiger partial charge in [0, 0.05) is 25.2 Å². The Morgan fingerprint density at radius 1 is 1.47 bits per heavy atom. The highest BCUT2D eigenvalue weighted by Crippen LogP contribution is 2.11. The smallest absolute Gasteiger partial charge is 0.269 e. The summed E-state index contributed by atoms with van der Waals surface area (Å²) in [4.78, 5) is 9.95. The van der Waals surface area contributed by atoms with Crippen LogP contribution in [0.1, 0.15) is 12.5 Å². The minimum atomic E-state index is -0.424. The number of nitrogens with zero attached hydrogens (tertiary/aromatic N) is 1. The van der Waals surface area contributed by atoms with Crippen LogP contribution >= 0.6 is 0 Å². The summed E-state index contributed by atoms with van der Waals surface area (Å²) < 4.78 is 0. The number of rotatable bonds is 5. The lowest BCUT2D eigenvalue weighted by molar-refractivity contribution is -0.384. The average Bonchev–Trinajstić information content (AvgIpc) is 2.18. The quantitative estimate of drug-likeness (QED) is 0.563. The monoisotopic (exact) mass is 210 g/mol. The lowest BCUT2D eigenvalue weighted by Gasteiger charge is -2.06.